The lowest BCUT2D eigenvalue weighted by molar-refractivity contribution is 0.0777. The molecule has 0 saturated heterocycles. The smallest absolute Gasteiger partial charge is 0.291 e. The summed E-state index contributed by atoms with van der Waals surface area (Å²) in [5.41, 5.74) is 6.69. The summed E-state index contributed by atoms with van der Waals surface area (Å²) in [6.45, 7) is 2.49. The van der Waals surface area contributed by atoms with Gasteiger partial charge >= 0.3 is 0 Å². The van der Waals surface area contributed by atoms with Crippen LogP contribution >= 0.6 is 0 Å². The number of carbonyl (C=O) groups excluding carboxylic acids is 1. The second-order valence-electron chi connectivity index (χ2n) is 5.57. The van der Waals surface area contributed by atoms with E-state index < -0.39 is 0 Å². The van der Waals surface area contributed by atoms with E-state index in [1.165, 1.54) is 5.56 Å². The number of hydrogen-bond donors (Lipinski definition) is 1. The van der Waals surface area contributed by atoms with Crippen molar-refractivity contribution in [3.8, 4) is 0 Å². The topological polar surface area (TPSA) is 45.2 Å². The average Bonchev–Trinajstić information content (AvgIpc) is 2.64. The number of rotatable bonds is 5. The van der Waals surface area contributed by atoms with Crippen LogP contribution in [0.5, 0.6) is 0 Å². The number of carbonyl (C=O) groups is 1. The molecule has 3 aromatic rings. The molecule has 24 heavy (non-hydrogen) atoms. The first-order valence-corrected chi connectivity index (χ1v) is 7.82. The highest BCUT2D eigenvalue weighted by Gasteiger charge is 2.17. The number of aromatic nitrogens is 1. The van der Waals surface area contributed by atoms with Crippen molar-refractivity contribution < 1.29 is 4.79 Å². The number of anilines is 1. The first-order valence-electron chi connectivity index (χ1n) is 7.82. The van der Waals surface area contributed by atoms with Gasteiger partial charge in [0.05, 0.1) is 12.2 Å². The van der Waals surface area contributed by atoms with Crippen LogP contribution in [0.15, 0.2) is 79.0 Å². The SMILES string of the molecule is Cc1ccc(CN(Nc2ccccc2)C(=O)c2ccccn2)cc1. The molecule has 0 radical (unpaired) electrons. The number of para-hydroxylation sites is 1. The molecule has 2 aromatic carbocycles. The number of pyridine rings is 1. The Balaban J connectivity index is 1.85. The predicted molar refractivity (Wildman–Crippen MR) is 95.4 cm³/mol. The van der Waals surface area contributed by atoms with Gasteiger partial charge in [0.2, 0.25) is 0 Å². The van der Waals surface area contributed by atoms with E-state index in [-0.39, 0.29) is 5.91 Å². The van der Waals surface area contributed by atoms with E-state index in [0.717, 1.165) is 11.3 Å². The minimum Gasteiger partial charge on any atom is -0.295 e. The second-order valence-corrected chi connectivity index (χ2v) is 5.57. The maximum Gasteiger partial charge on any atom is 0.291 e. The van der Waals surface area contributed by atoms with Crippen LogP contribution in [-0.2, 0) is 6.54 Å². The monoisotopic (exact) mass is 317 g/mol. The third kappa shape index (κ3) is 3.98. The van der Waals surface area contributed by atoms with Gasteiger partial charge in [-0.1, -0.05) is 54.1 Å². The highest BCUT2D eigenvalue weighted by atomic mass is 16.2. The van der Waals surface area contributed by atoms with E-state index >= 15 is 0 Å². The number of aryl methyl sites for hydroxylation is 1. The van der Waals surface area contributed by atoms with Gasteiger partial charge in [0.15, 0.2) is 0 Å². The highest BCUT2D eigenvalue weighted by molar-refractivity contribution is 5.93. The van der Waals surface area contributed by atoms with Gasteiger partial charge < -0.3 is 0 Å². The Bertz CT molecular complexity index is 786. The van der Waals surface area contributed by atoms with E-state index in [1.54, 1.807) is 23.3 Å². The van der Waals surface area contributed by atoms with Gasteiger partial charge in [-0.2, -0.15) is 0 Å². The van der Waals surface area contributed by atoms with Crippen LogP contribution in [-0.4, -0.2) is 15.9 Å². The van der Waals surface area contributed by atoms with Gasteiger partial charge in [-0.15, -0.1) is 0 Å². The van der Waals surface area contributed by atoms with E-state index in [9.17, 15) is 4.79 Å². The summed E-state index contributed by atoms with van der Waals surface area (Å²) >= 11 is 0. The fourth-order valence-electron chi connectivity index (χ4n) is 2.33. The van der Waals surface area contributed by atoms with Crippen LogP contribution in [0.1, 0.15) is 21.6 Å². The predicted octanol–water partition coefficient (Wildman–Crippen LogP) is 4.06. The normalized spacial score (nSPS) is 10.2. The third-order valence-electron chi connectivity index (χ3n) is 3.63. The first-order chi connectivity index (χ1) is 11.7. The van der Waals surface area contributed by atoms with Gasteiger partial charge in [0.25, 0.3) is 5.91 Å². The molecule has 1 heterocycles. The Kier molecular flexibility index (Phi) is 4.87. The Hall–Kier alpha value is -3.14. The van der Waals surface area contributed by atoms with E-state index in [0.29, 0.717) is 12.2 Å². The second kappa shape index (κ2) is 7.42. The number of nitrogens with one attached hydrogen (secondary N) is 1. The Morgan fingerprint density at radius 2 is 1.67 bits per heavy atom. The molecular formula is C20H19N3O. The standard InChI is InChI=1S/C20H19N3O/c1-16-10-12-17(13-11-16)15-23(22-18-7-3-2-4-8-18)20(24)19-9-5-6-14-21-19/h2-14,22H,15H2,1H3. The van der Waals surface area contributed by atoms with E-state index in [2.05, 4.69) is 10.4 Å². The van der Waals surface area contributed by atoms with Gasteiger partial charge in [-0.25, -0.2) is 5.01 Å². The molecule has 0 atom stereocenters. The highest BCUT2D eigenvalue weighted by Crippen LogP contribution is 2.13. The lowest BCUT2D eigenvalue weighted by Gasteiger charge is -2.24. The molecule has 0 aliphatic heterocycles. The summed E-state index contributed by atoms with van der Waals surface area (Å²) in [5.74, 6) is -0.167. The van der Waals surface area contributed by atoms with Crippen molar-refractivity contribution in [2.45, 2.75) is 13.5 Å². The number of nitrogens with zero attached hydrogens (tertiary/aromatic N) is 2. The third-order valence-corrected chi connectivity index (χ3v) is 3.63. The molecular weight excluding hydrogens is 298 g/mol. The summed E-state index contributed by atoms with van der Waals surface area (Å²) in [6, 6.07) is 23.1. The zero-order valence-corrected chi connectivity index (χ0v) is 13.5. The van der Waals surface area contributed by atoms with Crippen molar-refractivity contribution in [2.75, 3.05) is 5.43 Å². The molecule has 1 aromatic heterocycles. The molecule has 4 nitrogen and oxygen atoms in total. The molecule has 0 unspecified atom stereocenters. The Labute approximate surface area is 141 Å². The molecule has 0 bridgehead atoms. The molecule has 1 N–H and O–H groups in total. The summed E-state index contributed by atoms with van der Waals surface area (Å²) in [5, 5.41) is 1.59. The van der Waals surface area contributed by atoms with Crippen molar-refractivity contribution in [2.24, 2.45) is 0 Å². The van der Waals surface area contributed by atoms with Crippen LogP contribution in [0.25, 0.3) is 0 Å². The fraction of sp³-hybridized carbons (Fsp3) is 0.100. The number of amides is 1. The summed E-state index contributed by atoms with van der Waals surface area (Å²) < 4.78 is 0. The molecule has 3 rings (SSSR count). The maximum absolute atomic E-state index is 12.8. The molecule has 4 heteroatoms. The summed E-state index contributed by atoms with van der Waals surface area (Å²) in [7, 11) is 0. The van der Waals surface area contributed by atoms with E-state index in [1.807, 2.05) is 67.6 Å². The largest absolute Gasteiger partial charge is 0.295 e. The van der Waals surface area contributed by atoms with Crippen LogP contribution < -0.4 is 5.43 Å². The van der Waals surface area contributed by atoms with Crippen molar-refractivity contribution in [1.82, 2.24) is 9.99 Å². The quantitative estimate of drug-likeness (QED) is 0.722. The van der Waals surface area contributed by atoms with Gasteiger partial charge in [-0.3, -0.25) is 15.2 Å². The lowest BCUT2D eigenvalue weighted by atomic mass is 10.1. The Morgan fingerprint density at radius 3 is 2.33 bits per heavy atom. The Morgan fingerprint density at radius 1 is 0.958 bits per heavy atom. The van der Waals surface area contributed by atoms with Crippen LogP contribution in [0.2, 0.25) is 0 Å². The maximum atomic E-state index is 12.8. The molecule has 0 saturated carbocycles. The van der Waals surface area contributed by atoms with Crippen molar-refractivity contribution >= 4 is 11.6 Å². The van der Waals surface area contributed by atoms with E-state index in [4.69, 9.17) is 0 Å². The van der Waals surface area contributed by atoms with Gasteiger partial charge in [0, 0.05) is 6.20 Å². The van der Waals surface area contributed by atoms with Crippen molar-refractivity contribution in [3.63, 3.8) is 0 Å². The molecule has 120 valence electrons. The summed E-state index contributed by atoms with van der Waals surface area (Å²) in [4.78, 5) is 17.0. The van der Waals surface area contributed by atoms with Crippen molar-refractivity contribution in [1.29, 1.82) is 0 Å². The minimum absolute atomic E-state index is 0.167. The molecule has 0 fully saturated rings. The molecule has 0 spiro atoms. The molecule has 0 aliphatic rings. The zero-order chi connectivity index (χ0) is 16.8. The first kappa shape index (κ1) is 15.7. The number of benzene rings is 2. The average molecular weight is 317 g/mol. The molecule has 0 aliphatic carbocycles. The van der Waals surface area contributed by atoms with Gasteiger partial charge in [0.1, 0.15) is 5.69 Å². The van der Waals surface area contributed by atoms with Crippen LogP contribution in [0.3, 0.4) is 0 Å². The summed E-state index contributed by atoms with van der Waals surface area (Å²) in [6.07, 6.45) is 1.62. The van der Waals surface area contributed by atoms with Crippen LogP contribution in [0, 0.1) is 6.92 Å². The fourth-order valence-corrected chi connectivity index (χ4v) is 2.33. The molecule has 1 amide bonds. The lowest BCUT2D eigenvalue weighted by Crippen LogP contribution is -2.36. The number of hydrazine groups is 1. The number of hydrogen-bond acceptors (Lipinski definition) is 3. The van der Waals surface area contributed by atoms with Gasteiger partial charge in [-0.05, 0) is 36.8 Å². The van der Waals surface area contributed by atoms with Crippen LogP contribution in [0.4, 0.5) is 5.69 Å². The zero-order valence-electron chi connectivity index (χ0n) is 13.5. The minimum atomic E-state index is -0.167. The van der Waals surface area contributed by atoms with Crippen molar-refractivity contribution in [3.05, 3.63) is 95.8 Å².